The largest absolute Gasteiger partial charge is 0.377 e. The number of likely N-dealkylation sites (N-methyl/N-ethyl adjacent to an activating group) is 1. The highest BCUT2D eigenvalue weighted by molar-refractivity contribution is 4.99. The summed E-state index contributed by atoms with van der Waals surface area (Å²) in [5.74, 6) is 0. The lowest BCUT2D eigenvalue weighted by atomic mass is 9.73. The first-order valence-electron chi connectivity index (χ1n) is 6.62. The highest BCUT2D eigenvalue weighted by Crippen LogP contribution is 2.39. The molecule has 1 unspecified atom stereocenters. The first kappa shape index (κ1) is 13.7. The first-order chi connectivity index (χ1) is 7.79. The van der Waals surface area contributed by atoms with E-state index in [9.17, 15) is 0 Å². The van der Waals surface area contributed by atoms with Gasteiger partial charge in [-0.15, -0.1) is 6.58 Å². The molecule has 0 amide bonds. The van der Waals surface area contributed by atoms with Gasteiger partial charge in [-0.25, -0.2) is 0 Å². The lowest BCUT2D eigenvalue weighted by molar-refractivity contribution is -0.0988. The van der Waals surface area contributed by atoms with Crippen LogP contribution in [0.1, 0.15) is 51.4 Å². The minimum absolute atomic E-state index is 0.146. The van der Waals surface area contributed by atoms with Crippen molar-refractivity contribution in [3.05, 3.63) is 12.7 Å². The van der Waals surface area contributed by atoms with Crippen molar-refractivity contribution in [2.45, 2.75) is 63.0 Å². The number of hydrogen-bond acceptors (Lipinski definition) is 2. The Labute approximate surface area is 100 Å². The molecule has 2 nitrogen and oxygen atoms in total. The maximum atomic E-state index is 5.73. The van der Waals surface area contributed by atoms with E-state index in [1.807, 2.05) is 13.2 Å². The molecule has 1 fully saturated rings. The fourth-order valence-corrected chi connectivity index (χ4v) is 2.70. The highest BCUT2D eigenvalue weighted by Gasteiger charge is 2.43. The molecule has 0 radical (unpaired) electrons. The molecule has 0 bridgehead atoms. The maximum Gasteiger partial charge on any atom is 0.0830 e. The van der Waals surface area contributed by atoms with E-state index < -0.39 is 0 Å². The molecule has 0 saturated heterocycles. The van der Waals surface area contributed by atoms with Crippen LogP contribution in [0.2, 0.25) is 0 Å². The third-order valence-corrected chi connectivity index (χ3v) is 3.99. The Balaban J connectivity index is 2.23. The normalized spacial score (nSPS) is 20.1. The lowest BCUT2D eigenvalue weighted by Crippen LogP contribution is -2.55. The van der Waals surface area contributed by atoms with Gasteiger partial charge in [0, 0.05) is 13.2 Å². The number of unbranched alkanes of at least 4 members (excludes halogenated alkanes) is 3. The van der Waals surface area contributed by atoms with Gasteiger partial charge in [-0.05, 0) is 45.6 Å². The second-order valence-electron chi connectivity index (χ2n) is 4.89. The van der Waals surface area contributed by atoms with Gasteiger partial charge in [-0.1, -0.05) is 18.9 Å². The number of hydrogen-bond donors (Lipinski definition) is 1. The number of nitrogens with one attached hydrogen (secondary N) is 1. The van der Waals surface area contributed by atoms with Crippen molar-refractivity contribution < 1.29 is 4.74 Å². The number of methoxy groups -OCH3 is 1. The summed E-state index contributed by atoms with van der Waals surface area (Å²) in [6.07, 6.45) is 12.1. The molecule has 94 valence electrons. The Bertz CT molecular complexity index is 193. The van der Waals surface area contributed by atoms with Gasteiger partial charge in [0.15, 0.2) is 0 Å². The third kappa shape index (κ3) is 3.33. The SMILES string of the molecule is C=CCCCCCC(NC)C1(OC)CCC1. The van der Waals surface area contributed by atoms with E-state index in [1.54, 1.807) is 0 Å². The van der Waals surface area contributed by atoms with Crippen LogP contribution in [0, 0.1) is 0 Å². The van der Waals surface area contributed by atoms with Crippen molar-refractivity contribution in [3.63, 3.8) is 0 Å². The summed E-state index contributed by atoms with van der Waals surface area (Å²) in [5, 5.41) is 3.44. The van der Waals surface area contributed by atoms with E-state index in [0.29, 0.717) is 6.04 Å². The standard InChI is InChI=1S/C14H27NO/c1-4-5-6-7-8-10-13(15-2)14(16-3)11-9-12-14/h4,13,15H,1,5-12H2,2-3H3. The molecule has 1 N–H and O–H groups in total. The van der Waals surface area contributed by atoms with Gasteiger partial charge in [-0.3, -0.25) is 0 Å². The number of rotatable bonds is 9. The first-order valence-corrected chi connectivity index (χ1v) is 6.62. The van der Waals surface area contributed by atoms with Gasteiger partial charge in [0.1, 0.15) is 0 Å². The van der Waals surface area contributed by atoms with E-state index >= 15 is 0 Å². The zero-order chi connectivity index (χ0) is 11.9. The molecular formula is C14H27NO. The van der Waals surface area contributed by atoms with Crippen molar-refractivity contribution in [1.29, 1.82) is 0 Å². The van der Waals surface area contributed by atoms with Crippen LogP contribution in [-0.4, -0.2) is 25.8 Å². The topological polar surface area (TPSA) is 21.3 Å². The van der Waals surface area contributed by atoms with E-state index in [0.717, 1.165) is 6.42 Å². The van der Waals surface area contributed by atoms with Crippen molar-refractivity contribution in [1.82, 2.24) is 5.32 Å². The molecule has 0 spiro atoms. The average molecular weight is 225 g/mol. The van der Waals surface area contributed by atoms with Gasteiger partial charge in [0.05, 0.1) is 5.60 Å². The third-order valence-electron chi connectivity index (χ3n) is 3.99. The zero-order valence-corrected chi connectivity index (χ0v) is 10.9. The second kappa shape index (κ2) is 7.08. The predicted molar refractivity (Wildman–Crippen MR) is 69.7 cm³/mol. The molecule has 0 aromatic carbocycles. The summed E-state index contributed by atoms with van der Waals surface area (Å²) in [5.41, 5.74) is 0.146. The summed E-state index contributed by atoms with van der Waals surface area (Å²) >= 11 is 0. The van der Waals surface area contributed by atoms with Crippen molar-refractivity contribution >= 4 is 0 Å². The van der Waals surface area contributed by atoms with Gasteiger partial charge in [-0.2, -0.15) is 0 Å². The van der Waals surface area contributed by atoms with Crippen LogP contribution < -0.4 is 5.32 Å². The van der Waals surface area contributed by atoms with Crippen LogP contribution in [0.4, 0.5) is 0 Å². The Morgan fingerprint density at radius 3 is 2.56 bits per heavy atom. The fourth-order valence-electron chi connectivity index (χ4n) is 2.70. The molecular weight excluding hydrogens is 198 g/mol. The lowest BCUT2D eigenvalue weighted by Gasteiger charge is -2.46. The minimum Gasteiger partial charge on any atom is -0.377 e. The summed E-state index contributed by atoms with van der Waals surface area (Å²) in [4.78, 5) is 0. The molecule has 16 heavy (non-hydrogen) atoms. The van der Waals surface area contributed by atoms with E-state index in [-0.39, 0.29) is 5.60 Å². The number of allylic oxidation sites excluding steroid dienone is 1. The van der Waals surface area contributed by atoms with Gasteiger partial charge in [0.25, 0.3) is 0 Å². The molecule has 0 heterocycles. The fraction of sp³-hybridized carbons (Fsp3) is 0.857. The predicted octanol–water partition coefficient (Wildman–Crippen LogP) is 3.28. The van der Waals surface area contributed by atoms with Gasteiger partial charge >= 0.3 is 0 Å². The summed E-state index contributed by atoms with van der Waals surface area (Å²) in [7, 11) is 3.93. The Morgan fingerprint density at radius 1 is 1.38 bits per heavy atom. The smallest absolute Gasteiger partial charge is 0.0830 e. The van der Waals surface area contributed by atoms with Crippen LogP contribution in [0.5, 0.6) is 0 Å². The molecule has 1 aliphatic carbocycles. The quantitative estimate of drug-likeness (QED) is 0.480. The Hall–Kier alpha value is -0.340. The minimum atomic E-state index is 0.146. The molecule has 1 aliphatic rings. The van der Waals surface area contributed by atoms with E-state index in [2.05, 4.69) is 18.9 Å². The van der Waals surface area contributed by atoms with Crippen LogP contribution >= 0.6 is 0 Å². The maximum absolute atomic E-state index is 5.73. The van der Waals surface area contributed by atoms with Gasteiger partial charge in [0.2, 0.25) is 0 Å². The van der Waals surface area contributed by atoms with E-state index in [4.69, 9.17) is 4.74 Å². The van der Waals surface area contributed by atoms with Crippen LogP contribution in [0.25, 0.3) is 0 Å². The molecule has 0 aliphatic heterocycles. The van der Waals surface area contributed by atoms with Crippen molar-refractivity contribution in [2.24, 2.45) is 0 Å². The highest BCUT2D eigenvalue weighted by atomic mass is 16.5. The van der Waals surface area contributed by atoms with E-state index in [1.165, 1.54) is 44.9 Å². The van der Waals surface area contributed by atoms with Gasteiger partial charge < -0.3 is 10.1 Å². The summed E-state index contributed by atoms with van der Waals surface area (Å²) in [6, 6.07) is 0.537. The van der Waals surface area contributed by atoms with Crippen LogP contribution in [-0.2, 0) is 4.74 Å². The summed E-state index contributed by atoms with van der Waals surface area (Å²) < 4.78 is 5.73. The average Bonchev–Trinajstić information content (AvgIpc) is 2.25. The Kier molecular flexibility index (Phi) is 6.07. The molecule has 2 heteroatoms. The summed E-state index contributed by atoms with van der Waals surface area (Å²) in [6.45, 7) is 3.75. The molecule has 1 atom stereocenters. The monoisotopic (exact) mass is 225 g/mol. The zero-order valence-electron chi connectivity index (χ0n) is 10.9. The van der Waals surface area contributed by atoms with Crippen LogP contribution in [0.15, 0.2) is 12.7 Å². The molecule has 0 aromatic heterocycles. The van der Waals surface area contributed by atoms with Crippen molar-refractivity contribution in [3.8, 4) is 0 Å². The Morgan fingerprint density at radius 2 is 2.12 bits per heavy atom. The van der Waals surface area contributed by atoms with Crippen molar-refractivity contribution in [2.75, 3.05) is 14.2 Å². The molecule has 1 rings (SSSR count). The number of ether oxygens (including phenoxy) is 1. The molecule has 0 aromatic rings. The second-order valence-corrected chi connectivity index (χ2v) is 4.89. The van der Waals surface area contributed by atoms with Crippen LogP contribution in [0.3, 0.4) is 0 Å². The molecule has 1 saturated carbocycles.